The summed E-state index contributed by atoms with van der Waals surface area (Å²) in [6.45, 7) is 14.7. The second-order valence-electron chi connectivity index (χ2n) is 2.75. The fourth-order valence-corrected chi connectivity index (χ4v) is 0.971. The van der Waals surface area contributed by atoms with E-state index in [1.165, 1.54) is 0 Å². The largest absolute Gasteiger partial charge is 0.191 e. The molecule has 0 unspecified atom stereocenters. The van der Waals surface area contributed by atoms with Gasteiger partial charge in [0.25, 0.3) is 0 Å². The fourth-order valence-electron chi connectivity index (χ4n) is 0.971. The van der Waals surface area contributed by atoms with Gasteiger partial charge in [-0.25, -0.2) is 0 Å². The molecular formula is C14H16B. The highest BCUT2D eigenvalue weighted by Gasteiger charge is 1.97. The van der Waals surface area contributed by atoms with Gasteiger partial charge in [0, 0.05) is 0 Å². The van der Waals surface area contributed by atoms with Crippen LogP contribution in [0.2, 0.25) is 0 Å². The molecule has 0 nitrogen and oxygen atoms in total. The van der Waals surface area contributed by atoms with Crippen LogP contribution in [0.5, 0.6) is 0 Å². The van der Waals surface area contributed by atoms with Crippen LogP contribution in [0.15, 0.2) is 85.9 Å². The summed E-state index contributed by atoms with van der Waals surface area (Å²) in [6, 6.07) is 0. The summed E-state index contributed by atoms with van der Waals surface area (Å²) >= 11 is 0. The second kappa shape index (κ2) is 8.83. The third kappa shape index (κ3) is 6.33. The van der Waals surface area contributed by atoms with Crippen molar-refractivity contribution in [1.29, 1.82) is 0 Å². The van der Waals surface area contributed by atoms with E-state index in [4.69, 9.17) is 0 Å². The average Bonchev–Trinajstić information content (AvgIpc) is 2.25. The Morgan fingerprint density at radius 3 is 1.87 bits per heavy atom. The Kier molecular flexibility index (Phi) is 7.79. The van der Waals surface area contributed by atoms with Gasteiger partial charge < -0.3 is 0 Å². The first kappa shape index (κ1) is 13.2. The Bertz CT molecular complexity index is 327. The number of rotatable bonds is 7. The van der Waals surface area contributed by atoms with Gasteiger partial charge in [0.2, 0.25) is 0 Å². The molecular weight excluding hydrogens is 179 g/mol. The summed E-state index contributed by atoms with van der Waals surface area (Å²) in [4.78, 5) is 0. The molecule has 0 heterocycles. The number of allylic oxidation sites excluding steroid dienone is 10. The monoisotopic (exact) mass is 195 g/mol. The molecule has 0 saturated heterocycles. The van der Waals surface area contributed by atoms with Gasteiger partial charge >= 0.3 is 0 Å². The molecule has 0 aliphatic rings. The van der Waals surface area contributed by atoms with E-state index in [0.717, 1.165) is 10.9 Å². The fraction of sp³-hybridized carbons (Fsp3) is 0. The Labute approximate surface area is 93.6 Å². The average molecular weight is 195 g/mol. The predicted molar refractivity (Wildman–Crippen MR) is 71.8 cm³/mol. The van der Waals surface area contributed by atoms with Gasteiger partial charge in [-0.2, -0.15) is 0 Å². The van der Waals surface area contributed by atoms with Crippen molar-refractivity contribution in [2.75, 3.05) is 0 Å². The van der Waals surface area contributed by atoms with Crippen LogP contribution in [-0.4, -0.2) is 7.28 Å². The van der Waals surface area contributed by atoms with Gasteiger partial charge in [0.1, 0.15) is 0 Å². The minimum atomic E-state index is 1.01. The van der Waals surface area contributed by atoms with Crippen LogP contribution in [-0.2, 0) is 0 Å². The summed E-state index contributed by atoms with van der Waals surface area (Å²) in [5, 5.41) is 0. The van der Waals surface area contributed by atoms with Crippen LogP contribution >= 0.6 is 0 Å². The first-order valence-electron chi connectivity index (χ1n) is 4.70. The molecule has 0 fully saturated rings. The lowest BCUT2D eigenvalue weighted by Gasteiger charge is -2.00. The highest BCUT2D eigenvalue weighted by Crippen LogP contribution is 2.04. The zero-order valence-electron chi connectivity index (χ0n) is 9.02. The van der Waals surface area contributed by atoms with Crippen LogP contribution < -0.4 is 0 Å². The Morgan fingerprint density at radius 2 is 1.40 bits per heavy atom. The van der Waals surface area contributed by atoms with E-state index >= 15 is 0 Å². The van der Waals surface area contributed by atoms with Crippen molar-refractivity contribution in [2.24, 2.45) is 0 Å². The lowest BCUT2D eigenvalue weighted by atomic mass is 9.62. The van der Waals surface area contributed by atoms with Crippen molar-refractivity contribution in [3.05, 3.63) is 85.9 Å². The van der Waals surface area contributed by atoms with Crippen molar-refractivity contribution in [3.8, 4) is 0 Å². The molecule has 0 aromatic carbocycles. The minimum absolute atomic E-state index is 1.01. The molecule has 0 spiro atoms. The summed E-state index contributed by atoms with van der Waals surface area (Å²) in [6.07, 6.45) is 14.6. The molecule has 1 heteroatoms. The molecule has 0 aliphatic heterocycles. The van der Waals surface area contributed by atoms with Crippen molar-refractivity contribution in [1.82, 2.24) is 0 Å². The molecule has 0 aromatic heterocycles. The third-order valence-electron chi connectivity index (χ3n) is 1.61. The van der Waals surface area contributed by atoms with E-state index in [1.807, 2.05) is 31.6 Å². The number of hydrogen-bond acceptors (Lipinski definition) is 0. The molecule has 0 amide bonds. The van der Waals surface area contributed by atoms with Crippen molar-refractivity contribution >= 4 is 7.28 Å². The standard InChI is InChI=1S/C14H16B/c1-5-9-12-14(11-7-3)15-13(8-4)10-6-2/h5-12H,1-4H2/b12-9-,13-10+,14-11+. The smallest absolute Gasteiger partial charge is 0.0996 e. The van der Waals surface area contributed by atoms with Crippen LogP contribution in [0.4, 0.5) is 0 Å². The van der Waals surface area contributed by atoms with E-state index in [2.05, 4.69) is 26.3 Å². The second-order valence-corrected chi connectivity index (χ2v) is 2.75. The van der Waals surface area contributed by atoms with Gasteiger partial charge in [0.15, 0.2) is 7.28 Å². The lowest BCUT2D eigenvalue weighted by molar-refractivity contribution is 1.78. The number of hydrogen-bond donors (Lipinski definition) is 0. The molecule has 0 rings (SSSR count). The Hall–Kier alpha value is -1.76. The zero-order valence-corrected chi connectivity index (χ0v) is 9.02. The van der Waals surface area contributed by atoms with Crippen molar-refractivity contribution in [3.63, 3.8) is 0 Å². The molecule has 0 N–H and O–H groups in total. The molecule has 15 heavy (non-hydrogen) atoms. The van der Waals surface area contributed by atoms with Crippen molar-refractivity contribution < 1.29 is 0 Å². The Morgan fingerprint density at radius 1 is 0.800 bits per heavy atom. The van der Waals surface area contributed by atoms with Gasteiger partial charge in [-0.15, -0.1) is 0 Å². The third-order valence-corrected chi connectivity index (χ3v) is 1.61. The summed E-state index contributed by atoms with van der Waals surface area (Å²) in [5.41, 5.74) is 2.05. The SMILES string of the molecule is C=C/C=C\C([B]/C(C=C)=C/C=C)=C/C=C. The maximum Gasteiger partial charge on any atom is 0.191 e. The van der Waals surface area contributed by atoms with Gasteiger partial charge in [-0.3, -0.25) is 0 Å². The molecule has 75 valence electrons. The maximum atomic E-state index is 3.73. The molecule has 0 aromatic rings. The van der Waals surface area contributed by atoms with E-state index in [1.54, 1.807) is 24.3 Å². The summed E-state index contributed by atoms with van der Waals surface area (Å²) in [5.74, 6) is 0. The van der Waals surface area contributed by atoms with Crippen LogP contribution in [0.25, 0.3) is 0 Å². The highest BCUT2D eigenvalue weighted by molar-refractivity contribution is 6.55. The van der Waals surface area contributed by atoms with E-state index in [0.29, 0.717) is 0 Å². The quantitative estimate of drug-likeness (QED) is 0.428. The minimum Gasteiger partial charge on any atom is -0.0996 e. The topological polar surface area (TPSA) is 0 Å². The summed E-state index contributed by atoms with van der Waals surface area (Å²) < 4.78 is 0. The van der Waals surface area contributed by atoms with Crippen LogP contribution in [0.3, 0.4) is 0 Å². The predicted octanol–water partition coefficient (Wildman–Crippen LogP) is 3.76. The summed E-state index contributed by atoms with van der Waals surface area (Å²) in [7, 11) is 2.00. The first-order valence-corrected chi connectivity index (χ1v) is 4.70. The van der Waals surface area contributed by atoms with Gasteiger partial charge in [0.05, 0.1) is 0 Å². The van der Waals surface area contributed by atoms with E-state index in [-0.39, 0.29) is 0 Å². The Balaban J connectivity index is 4.73. The molecule has 0 bridgehead atoms. The molecule has 0 atom stereocenters. The van der Waals surface area contributed by atoms with Gasteiger partial charge in [-0.05, 0) is 0 Å². The van der Waals surface area contributed by atoms with Crippen LogP contribution in [0, 0.1) is 0 Å². The highest BCUT2D eigenvalue weighted by atomic mass is 13.8. The first-order chi connectivity index (χ1) is 7.28. The normalized spacial score (nSPS) is 12.3. The zero-order chi connectivity index (χ0) is 11.5. The molecule has 1 radical (unpaired) electrons. The lowest BCUT2D eigenvalue weighted by Crippen LogP contribution is -1.96. The van der Waals surface area contributed by atoms with Crippen molar-refractivity contribution in [2.45, 2.75) is 0 Å². The maximum absolute atomic E-state index is 3.73. The van der Waals surface area contributed by atoms with E-state index < -0.39 is 0 Å². The molecule has 0 saturated carbocycles. The van der Waals surface area contributed by atoms with Gasteiger partial charge in [-0.1, -0.05) is 85.9 Å². The van der Waals surface area contributed by atoms with Crippen LogP contribution in [0.1, 0.15) is 0 Å². The molecule has 0 aliphatic carbocycles. The van der Waals surface area contributed by atoms with E-state index in [9.17, 15) is 0 Å².